The Balaban J connectivity index is 1.32. The van der Waals surface area contributed by atoms with E-state index in [9.17, 15) is 4.79 Å². The number of hydrogen-bond acceptors (Lipinski definition) is 4. The summed E-state index contributed by atoms with van der Waals surface area (Å²) in [6, 6.07) is 19.4. The molecule has 0 atom stereocenters. The van der Waals surface area contributed by atoms with E-state index in [0.29, 0.717) is 12.1 Å². The molecule has 0 spiro atoms. The highest BCUT2D eigenvalue weighted by Crippen LogP contribution is 2.25. The lowest BCUT2D eigenvalue weighted by Gasteiger charge is -2.49. The highest BCUT2D eigenvalue weighted by molar-refractivity contribution is 5.78. The molecule has 2 heterocycles. The molecule has 2 aliphatic heterocycles. The zero-order valence-corrected chi connectivity index (χ0v) is 17.1. The number of nitrogens with zero attached hydrogens (tertiary/aromatic N) is 2. The van der Waals surface area contributed by atoms with Crippen molar-refractivity contribution in [3.8, 4) is 5.75 Å². The van der Waals surface area contributed by atoms with Crippen molar-refractivity contribution in [3.05, 3.63) is 65.7 Å². The van der Waals surface area contributed by atoms with Crippen molar-refractivity contribution in [1.29, 1.82) is 0 Å². The van der Waals surface area contributed by atoms with Crippen LogP contribution in [-0.2, 0) is 16.1 Å². The van der Waals surface area contributed by atoms with Gasteiger partial charge in [0.25, 0.3) is 5.91 Å². The Morgan fingerprint density at radius 1 is 1.07 bits per heavy atom. The third-order valence-electron chi connectivity index (χ3n) is 5.90. The average Bonchev–Trinajstić information content (AvgIpc) is 2.72. The zero-order chi connectivity index (χ0) is 20.1. The van der Waals surface area contributed by atoms with Crippen molar-refractivity contribution in [2.45, 2.75) is 38.4 Å². The zero-order valence-electron chi connectivity index (χ0n) is 17.1. The molecule has 0 N–H and O–H groups in total. The molecule has 2 fully saturated rings. The van der Waals surface area contributed by atoms with E-state index in [0.717, 1.165) is 57.0 Å². The van der Waals surface area contributed by atoms with Gasteiger partial charge in [-0.05, 0) is 43.0 Å². The number of carbonyl (C=O) groups excluding carboxylic acids is 1. The molecular weight excluding hydrogens is 364 g/mol. The molecule has 0 saturated carbocycles. The van der Waals surface area contributed by atoms with Gasteiger partial charge in [0.2, 0.25) is 0 Å². The van der Waals surface area contributed by atoms with Crippen molar-refractivity contribution in [2.24, 2.45) is 0 Å². The highest BCUT2D eigenvalue weighted by Gasteiger charge is 2.38. The second kappa shape index (κ2) is 9.42. The summed E-state index contributed by atoms with van der Waals surface area (Å²) >= 11 is 0. The fraction of sp³-hybridized carbons (Fsp3) is 0.458. The lowest BCUT2D eigenvalue weighted by atomic mass is 9.98. The lowest BCUT2D eigenvalue weighted by Crippen LogP contribution is -2.63. The predicted octanol–water partition coefficient (Wildman–Crippen LogP) is 3.27. The maximum Gasteiger partial charge on any atom is 0.260 e. The predicted molar refractivity (Wildman–Crippen MR) is 113 cm³/mol. The van der Waals surface area contributed by atoms with E-state index in [4.69, 9.17) is 9.47 Å². The first-order valence-electron chi connectivity index (χ1n) is 10.5. The minimum absolute atomic E-state index is 0.0643. The summed E-state index contributed by atoms with van der Waals surface area (Å²) in [4.78, 5) is 17.0. The van der Waals surface area contributed by atoms with Gasteiger partial charge in [-0.3, -0.25) is 9.69 Å². The van der Waals surface area contributed by atoms with Gasteiger partial charge in [-0.2, -0.15) is 0 Å². The van der Waals surface area contributed by atoms with E-state index < -0.39 is 0 Å². The van der Waals surface area contributed by atoms with Crippen molar-refractivity contribution >= 4 is 5.91 Å². The average molecular weight is 395 g/mol. The fourth-order valence-electron chi connectivity index (χ4n) is 4.18. The summed E-state index contributed by atoms with van der Waals surface area (Å²) in [5, 5.41) is 0. The summed E-state index contributed by atoms with van der Waals surface area (Å²) in [5.74, 6) is 0.817. The van der Waals surface area contributed by atoms with E-state index in [-0.39, 0.29) is 12.5 Å². The van der Waals surface area contributed by atoms with Gasteiger partial charge >= 0.3 is 0 Å². The molecule has 4 rings (SSSR count). The van der Waals surface area contributed by atoms with Crippen LogP contribution < -0.4 is 4.74 Å². The summed E-state index contributed by atoms with van der Waals surface area (Å²) < 4.78 is 11.3. The van der Waals surface area contributed by atoms with Crippen molar-refractivity contribution in [3.63, 3.8) is 0 Å². The molecule has 1 amide bonds. The van der Waals surface area contributed by atoms with Gasteiger partial charge in [0.1, 0.15) is 5.75 Å². The van der Waals surface area contributed by atoms with Crippen LogP contribution in [-0.4, -0.2) is 60.7 Å². The van der Waals surface area contributed by atoms with Crippen molar-refractivity contribution < 1.29 is 14.3 Å². The van der Waals surface area contributed by atoms with Crippen LogP contribution >= 0.6 is 0 Å². The van der Waals surface area contributed by atoms with Crippen LogP contribution in [0.3, 0.4) is 0 Å². The molecule has 0 bridgehead atoms. The molecule has 5 nitrogen and oxygen atoms in total. The second-order valence-corrected chi connectivity index (χ2v) is 8.06. The molecule has 154 valence electrons. The fourth-order valence-corrected chi connectivity index (χ4v) is 4.18. The van der Waals surface area contributed by atoms with Crippen molar-refractivity contribution in [2.75, 3.05) is 32.9 Å². The number of carbonyl (C=O) groups is 1. The maximum atomic E-state index is 12.5. The third kappa shape index (κ3) is 5.17. The smallest absolute Gasteiger partial charge is 0.260 e. The molecule has 2 aromatic carbocycles. The van der Waals surface area contributed by atoms with Crippen LogP contribution in [0.1, 0.15) is 24.0 Å². The van der Waals surface area contributed by atoms with Gasteiger partial charge in [0, 0.05) is 44.9 Å². The molecule has 2 aromatic rings. The number of benzene rings is 2. The van der Waals surface area contributed by atoms with E-state index in [2.05, 4.69) is 35.2 Å². The third-order valence-corrected chi connectivity index (χ3v) is 5.90. The Hall–Kier alpha value is -2.37. The normalized spacial score (nSPS) is 17.9. The standard InChI is InChI=1S/C24H30N2O3/c1-19-6-5-9-23(14-19)29-18-24(27)25-16-22(17-25)26(21-10-12-28-13-11-21)15-20-7-3-2-4-8-20/h2-9,14,21-22H,10-13,15-18H2,1H3. The first-order chi connectivity index (χ1) is 14.2. The maximum absolute atomic E-state index is 12.5. The lowest BCUT2D eigenvalue weighted by molar-refractivity contribution is -0.142. The number of amides is 1. The van der Waals surface area contributed by atoms with Crippen molar-refractivity contribution in [1.82, 2.24) is 9.80 Å². The minimum Gasteiger partial charge on any atom is -0.484 e. The number of rotatable bonds is 7. The molecule has 2 aliphatic rings. The van der Waals surface area contributed by atoms with E-state index in [1.165, 1.54) is 5.56 Å². The van der Waals surface area contributed by atoms with Gasteiger partial charge in [0.05, 0.1) is 0 Å². The van der Waals surface area contributed by atoms with Crippen LogP contribution in [0.2, 0.25) is 0 Å². The molecule has 0 aromatic heterocycles. The summed E-state index contributed by atoms with van der Waals surface area (Å²) in [6.07, 6.45) is 2.13. The van der Waals surface area contributed by atoms with Crippen LogP contribution in [0.25, 0.3) is 0 Å². The Morgan fingerprint density at radius 2 is 1.83 bits per heavy atom. The number of likely N-dealkylation sites (tertiary alicyclic amines) is 1. The Bertz CT molecular complexity index is 799. The van der Waals surface area contributed by atoms with Crippen LogP contribution in [0.4, 0.5) is 0 Å². The molecular formula is C24H30N2O3. The Labute approximate surface area is 173 Å². The summed E-state index contributed by atoms with van der Waals surface area (Å²) in [5.41, 5.74) is 2.46. The first kappa shape index (κ1) is 19.9. The SMILES string of the molecule is Cc1cccc(OCC(=O)N2CC(N(Cc3ccccc3)C3CCOCC3)C2)c1. The quantitative estimate of drug-likeness (QED) is 0.723. The highest BCUT2D eigenvalue weighted by atomic mass is 16.5. The van der Waals surface area contributed by atoms with Gasteiger partial charge in [-0.25, -0.2) is 0 Å². The van der Waals surface area contributed by atoms with Gasteiger partial charge in [-0.15, -0.1) is 0 Å². The number of aryl methyl sites for hydroxylation is 1. The second-order valence-electron chi connectivity index (χ2n) is 8.06. The molecule has 0 unspecified atom stereocenters. The monoisotopic (exact) mass is 394 g/mol. The Kier molecular flexibility index (Phi) is 6.47. The van der Waals surface area contributed by atoms with Gasteiger partial charge < -0.3 is 14.4 Å². The number of hydrogen-bond donors (Lipinski definition) is 0. The van der Waals surface area contributed by atoms with Crippen LogP contribution in [0.5, 0.6) is 5.75 Å². The van der Waals surface area contributed by atoms with Crippen LogP contribution in [0, 0.1) is 6.92 Å². The number of ether oxygens (including phenoxy) is 2. The van der Waals surface area contributed by atoms with Gasteiger partial charge in [-0.1, -0.05) is 42.5 Å². The molecule has 5 heteroatoms. The molecule has 2 saturated heterocycles. The van der Waals surface area contributed by atoms with Crippen LogP contribution in [0.15, 0.2) is 54.6 Å². The van der Waals surface area contributed by atoms with E-state index in [1.807, 2.05) is 36.1 Å². The largest absolute Gasteiger partial charge is 0.484 e. The molecule has 29 heavy (non-hydrogen) atoms. The topological polar surface area (TPSA) is 42.0 Å². The first-order valence-corrected chi connectivity index (χ1v) is 10.5. The summed E-state index contributed by atoms with van der Waals surface area (Å²) in [7, 11) is 0. The minimum atomic E-state index is 0.0643. The molecule has 0 radical (unpaired) electrons. The molecule has 0 aliphatic carbocycles. The Morgan fingerprint density at radius 3 is 2.55 bits per heavy atom. The summed E-state index contributed by atoms with van der Waals surface area (Å²) in [6.45, 7) is 6.27. The van der Waals surface area contributed by atoms with E-state index in [1.54, 1.807) is 0 Å². The van der Waals surface area contributed by atoms with E-state index >= 15 is 0 Å². The van der Waals surface area contributed by atoms with Gasteiger partial charge in [0.15, 0.2) is 6.61 Å².